The topological polar surface area (TPSA) is 85.8 Å². The molecule has 0 spiro atoms. The van der Waals surface area contributed by atoms with E-state index in [4.69, 9.17) is 0 Å². The number of nitrogens with one attached hydrogen (secondary N) is 2. The Labute approximate surface area is 177 Å². The van der Waals surface area contributed by atoms with Crippen LogP contribution in [0.15, 0.2) is 23.5 Å². The van der Waals surface area contributed by atoms with Gasteiger partial charge in [-0.3, -0.25) is 14.1 Å². The summed E-state index contributed by atoms with van der Waals surface area (Å²) < 4.78 is 12.1. The standard InChI is InChI=1S/C20H35N7OS/c1-3-29(28)18-7-4-6-17(16-18)25-19(21-2)22-10-11-26-12-14-27(15-13-26)20-23-8-5-9-24-20/h5,8-9,17-18H,3-4,6-7,10-16H2,1-2H3,(H2,21,22,25). The Balaban J connectivity index is 1.36. The molecule has 162 valence electrons. The third-order valence-electron chi connectivity index (χ3n) is 5.77. The molecule has 0 radical (unpaired) electrons. The maximum atomic E-state index is 12.1. The van der Waals surface area contributed by atoms with E-state index in [0.717, 1.165) is 82.6 Å². The highest BCUT2D eigenvalue weighted by atomic mass is 32.2. The SMILES string of the molecule is CCS(=O)C1CCCC(NC(=NC)NCCN2CCN(c3ncccn3)CC2)C1. The first kappa shape index (κ1) is 22.0. The van der Waals surface area contributed by atoms with Crippen LogP contribution in [0, 0.1) is 0 Å². The van der Waals surface area contributed by atoms with E-state index < -0.39 is 10.8 Å². The van der Waals surface area contributed by atoms with Crippen molar-refractivity contribution in [1.82, 2.24) is 25.5 Å². The van der Waals surface area contributed by atoms with E-state index in [-0.39, 0.29) is 0 Å². The predicted octanol–water partition coefficient (Wildman–Crippen LogP) is 0.843. The molecule has 2 aliphatic rings. The smallest absolute Gasteiger partial charge is 0.225 e. The molecule has 1 saturated carbocycles. The number of nitrogens with zero attached hydrogens (tertiary/aromatic N) is 5. The lowest BCUT2D eigenvalue weighted by molar-refractivity contribution is 0.260. The van der Waals surface area contributed by atoms with Crippen molar-refractivity contribution in [3.05, 3.63) is 18.5 Å². The number of hydrogen-bond acceptors (Lipinski definition) is 6. The summed E-state index contributed by atoms with van der Waals surface area (Å²) in [5.41, 5.74) is 0. The van der Waals surface area contributed by atoms with Gasteiger partial charge in [-0.2, -0.15) is 0 Å². The molecule has 2 heterocycles. The van der Waals surface area contributed by atoms with Crippen LogP contribution in [0.25, 0.3) is 0 Å². The second-order valence-corrected chi connectivity index (χ2v) is 9.68. The van der Waals surface area contributed by atoms with Gasteiger partial charge in [0.2, 0.25) is 5.95 Å². The van der Waals surface area contributed by atoms with Crippen molar-refractivity contribution in [3.63, 3.8) is 0 Å². The van der Waals surface area contributed by atoms with E-state index in [1.165, 1.54) is 0 Å². The first-order valence-electron chi connectivity index (χ1n) is 10.8. The van der Waals surface area contributed by atoms with Crippen molar-refractivity contribution in [2.75, 3.05) is 57.0 Å². The molecule has 1 aliphatic heterocycles. The van der Waals surface area contributed by atoms with Crippen LogP contribution in [0.2, 0.25) is 0 Å². The van der Waals surface area contributed by atoms with Crippen LogP contribution in [0.3, 0.4) is 0 Å². The molecule has 8 nitrogen and oxygen atoms in total. The molecule has 3 unspecified atom stereocenters. The van der Waals surface area contributed by atoms with Gasteiger partial charge in [0.1, 0.15) is 0 Å². The van der Waals surface area contributed by atoms with Gasteiger partial charge >= 0.3 is 0 Å². The van der Waals surface area contributed by atoms with Gasteiger partial charge in [0.05, 0.1) is 0 Å². The monoisotopic (exact) mass is 421 g/mol. The highest BCUT2D eigenvalue weighted by Gasteiger charge is 2.26. The third kappa shape index (κ3) is 6.64. The predicted molar refractivity (Wildman–Crippen MR) is 120 cm³/mol. The molecule has 1 aromatic rings. The zero-order chi connectivity index (χ0) is 20.5. The lowest BCUT2D eigenvalue weighted by atomic mass is 9.95. The van der Waals surface area contributed by atoms with Gasteiger partial charge in [0, 0.05) is 86.6 Å². The number of piperazine rings is 1. The summed E-state index contributed by atoms with van der Waals surface area (Å²) in [6.07, 6.45) is 7.93. The van der Waals surface area contributed by atoms with E-state index in [9.17, 15) is 4.21 Å². The van der Waals surface area contributed by atoms with Crippen molar-refractivity contribution in [1.29, 1.82) is 0 Å². The van der Waals surface area contributed by atoms with Crippen LogP contribution in [0.1, 0.15) is 32.6 Å². The Morgan fingerprint density at radius 1 is 1.24 bits per heavy atom. The van der Waals surface area contributed by atoms with Crippen LogP contribution < -0.4 is 15.5 Å². The second kappa shape index (κ2) is 11.4. The number of anilines is 1. The number of guanidine groups is 1. The van der Waals surface area contributed by atoms with Gasteiger partial charge in [-0.15, -0.1) is 0 Å². The molecule has 0 amide bonds. The number of aliphatic imine (C=N–C) groups is 1. The first-order chi connectivity index (χ1) is 14.2. The molecule has 2 fully saturated rings. The van der Waals surface area contributed by atoms with Crippen molar-refractivity contribution < 1.29 is 4.21 Å². The Kier molecular flexibility index (Phi) is 8.67. The minimum absolute atomic E-state index is 0.328. The van der Waals surface area contributed by atoms with Gasteiger partial charge in [0.15, 0.2) is 5.96 Å². The lowest BCUT2D eigenvalue weighted by Gasteiger charge is -2.35. The normalized spacial score (nSPS) is 24.9. The van der Waals surface area contributed by atoms with Crippen molar-refractivity contribution >= 4 is 22.7 Å². The fourth-order valence-electron chi connectivity index (χ4n) is 4.10. The summed E-state index contributed by atoms with van der Waals surface area (Å²) >= 11 is 0. The van der Waals surface area contributed by atoms with E-state index in [2.05, 4.69) is 35.4 Å². The Morgan fingerprint density at radius 3 is 2.69 bits per heavy atom. The molecule has 2 N–H and O–H groups in total. The quantitative estimate of drug-likeness (QED) is 0.498. The highest BCUT2D eigenvalue weighted by Crippen LogP contribution is 2.22. The van der Waals surface area contributed by atoms with Gasteiger partial charge < -0.3 is 15.5 Å². The fourth-order valence-corrected chi connectivity index (χ4v) is 5.44. The van der Waals surface area contributed by atoms with Crippen molar-refractivity contribution in [2.45, 2.75) is 43.9 Å². The van der Waals surface area contributed by atoms with Gasteiger partial charge in [-0.05, 0) is 25.3 Å². The molecular formula is C20H35N7OS. The van der Waals surface area contributed by atoms with E-state index in [1.54, 1.807) is 12.4 Å². The van der Waals surface area contributed by atoms with Crippen LogP contribution in [0.4, 0.5) is 5.95 Å². The van der Waals surface area contributed by atoms with Crippen LogP contribution >= 0.6 is 0 Å². The molecule has 29 heavy (non-hydrogen) atoms. The number of rotatable bonds is 7. The molecule has 1 saturated heterocycles. The molecule has 1 aliphatic carbocycles. The van der Waals surface area contributed by atoms with Gasteiger partial charge in [-0.25, -0.2) is 9.97 Å². The summed E-state index contributed by atoms with van der Waals surface area (Å²) in [7, 11) is 1.12. The van der Waals surface area contributed by atoms with Crippen LogP contribution in [0.5, 0.6) is 0 Å². The molecule has 0 bridgehead atoms. The van der Waals surface area contributed by atoms with E-state index >= 15 is 0 Å². The highest BCUT2D eigenvalue weighted by molar-refractivity contribution is 7.85. The average Bonchev–Trinajstić information content (AvgIpc) is 2.79. The minimum Gasteiger partial charge on any atom is -0.355 e. The van der Waals surface area contributed by atoms with Gasteiger partial charge in [-0.1, -0.05) is 13.3 Å². The summed E-state index contributed by atoms with van der Waals surface area (Å²) in [6, 6.07) is 2.22. The summed E-state index contributed by atoms with van der Waals surface area (Å²) in [5, 5.41) is 7.32. The van der Waals surface area contributed by atoms with Gasteiger partial charge in [0.25, 0.3) is 0 Å². The van der Waals surface area contributed by atoms with Crippen LogP contribution in [-0.2, 0) is 10.8 Å². The molecule has 9 heteroatoms. The fraction of sp³-hybridized carbons (Fsp3) is 0.750. The maximum Gasteiger partial charge on any atom is 0.225 e. The molecule has 3 atom stereocenters. The van der Waals surface area contributed by atoms with Crippen LogP contribution in [-0.4, -0.2) is 88.4 Å². The third-order valence-corrected chi connectivity index (χ3v) is 7.52. The Bertz CT molecular complexity index is 664. The number of hydrogen-bond donors (Lipinski definition) is 2. The zero-order valence-electron chi connectivity index (χ0n) is 17.7. The maximum absolute atomic E-state index is 12.1. The minimum atomic E-state index is -0.696. The van der Waals surface area contributed by atoms with Crippen molar-refractivity contribution in [2.24, 2.45) is 4.99 Å². The molecule has 0 aromatic carbocycles. The summed E-state index contributed by atoms with van der Waals surface area (Å²) in [5.74, 6) is 2.44. The van der Waals surface area contributed by atoms with Crippen molar-refractivity contribution in [3.8, 4) is 0 Å². The second-order valence-electron chi connectivity index (χ2n) is 7.68. The Morgan fingerprint density at radius 2 is 2.00 bits per heavy atom. The zero-order valence-corrected chi connectivity index (χ0v) is 18.5. The van der Waals surface area contributed by atoms with E-state index in [1.807, 2.05) is 20.0 Å². The lowest BCUT2D eigenvalue weighted by Crippen LogP contribution is -2.51. The van der Waals surface area contributed by atoms with E-state index in [0.29, 0.717) is 11.3 Å². The Hall–Kier alpha value is -1.74. The number of aromatic nitrogens is 2. The first-order valence-corrected chi connectivity index (χ1v) is 12.2. The molecule has 1 aromatic heterocycles. The summed E-state index contributed by atoms with van der Waals surface area (Å²) in [6.45, 7) is 7.79. The molecular weight excluding hydrogens is 386 g/mol. The summed E-state index contributed by atoms with van der Waals surface area (Å²) in [4.78, 5) is 17.8. The largest absolute Gasteiger partial charge is 0.355 e. The average molecular weight is 422 g/mol. The molecule has 3 rings (SSSR count).